The molecule has 0 atom stereocenters. The van der Waals surface area contributed by atoms with E-state index < -0.39 is 4.92 Å². The van der Waals surface area contributed by atoms with E-state index in [1.807, 2.05) is 21.0 Å². The maximum Gasteiger partial charge on any atom is 0.275 e. The average Bonchev–Trinajstić information content (AvgIpc) is 2.42. The molecule has 1 N–H and O–H groups in total. The highest BCUT2D eigenvalue weighted by atomic mass is 16.6. The van der Waals surface area contributed by atoms with Crippen molar-refractivity contribution in [2.24, 2.45) is 0 Å². The second-order valence-corrected chi connectivity index (χ2v) is 5.88. The van der Waals surface area contributed by atoms with Gasteiger partial charge in [-0.2, -0.15) is 0 Å². The molecular formula is C15H25N3O3. The number of nitro benzene ring substituents is 1. The molecule has 0 aliphatic rings. The fourth-order valence-corrected chi connectivity index (χ4v) is 1.57. The normalized spacial score (nSPS) is 11.5. The molecule has 0 amide bonds. The Kier molecular flexibility index (Phi) is 5.96. The summed E-state index contributed by atoms with van der Waals surface area (Å²) < 4.78 is 5.51. The van der Waals surface area contributed by atoms with Gasteiger partial charge in [0.05, 0.1) is 17.6 Å². The first-order valence-corrected chi connectivity index (χ1v) is 7.10. The number of anilines is 1. The van der Waals surface area contributed by atoms with E-state index in [0.717, 1.165) is 6.42 Å². The maximum atomic E-state index is 11.0. The number of nitrogens with one attached hydrogen (secondary N) is 1. The van der Waals surface area contributed by atoms with Gasteiger partial charge in [-0.15, -0.1) is 0 Å². The highest BCUT2D eigenvalue weighted by Gasteiger charge is 2.20. The third kappa shape index (κ3) is 5.23. The number of nitro groups is 1. The molecule has 1 rings (SSSR count). The van der Waals surface area contributed by atoms with Gasteiger partial charge in [-0.1, -0.05) is 6.92 Å². The molecule has 21 heavy (non-hydrogen) atoms. The molecule has 0 fully saturated rings. The van der Waals surface area contributed by atoms with Crippen molar-refractivity contribution in [1.82, 2.24) is 4.90 Å². The zero-order valence-electron chi connectivity index (χ0n) is 13.5. The summed E-state index contributed by atoms with van der Waals surface area (Å²) in [6.07, 6.45) is 0.860. The fourth-order valence-electron chi connectivity index (χ4n) is 1.57. The molecule has 0 saturated heterocycles. The standard InChI is InChI=1S/C15H25N3O3/c1-6-7-21-14-9-12(8-13(10-14)18(19)20)16-11-15(2,3)17(4)5/h8-10,16H,6-7,11H2,1-5H3. The summed E-state index contributed by atoms with van der Waals surface area (Å²) in [5.41, 5.74) is 0.675. The minimum atomic E-state index is -0.402. The molecule has 6 heteroatoms. The van der Waals surface area contributed by atoms with Crippen molar-refractivity contribution in [2.75, 3.05) is 32.6 Å². The van der Waals surface area contributed by atoms with Crippen LogP contribution in [-0.4, -0.2) is 42.6 Å². The molecular weight excluding hydrogens is 270 g/mol. The summed E-state index contributed by atoms with van der Waals surface area (Å²) in [6, 6.07) is 4.79. The zero-order chi connectivity index (χ0) is 16.0. The molecule has 0 aliphatic heterocycles. The quantitative estimate of drug-likeness (QED) is 0.589. The van der Waals surface area contributed by atoms with E-state index in [-0.39, 0.29) is 11.2 Å². The number of likely N-dealkylation sites (N-methyl/N-ethyl adjacent to an activating group) is 1. The first kappa shape index (κ1) is 17.2. The van der Waals surface area contributed by atoms with Crippen LogP contribution in [0.25, 0.3) is 0 Å². The van der Waals surface area contributed by atoms with Gasteiger partial charge in [0.25, 0.3) is 5.69 Å². The van der Waals surface area contributed by atoms with Crippen molar-refractivity contribution in [3.8, 4) is 5.75 Å². The van der Waals surface area contributed by atoms with Gasteiger partial charge in [-0.3, -0.25) is 10.1 Å². The molecule has 0 aliphatic carbocycles. The number of nitrogens with zero attached hydrogens (tertiary/aromatic N) is 2. The average molecular weight is 295 g/mol. The van der Waals surface area contributed by atoms with Crippen LogP contribution in [0, 0.1) is 10.1 Å². The second-order valence-electron chi connectivity index (χ2n) is 5.88. The number of ether oxygens (including phenoxy) is 1. The van der Waals surface area contributed by atoms with Crippen molar-refractivity contribution in [3.05, 3.63) is 28.3 Å². The molecule has 1 aromatic rings. The van der Waals surface area contributed by atoms with Crippen LogP contribution in [0.5, 0.6) is 5.75 Å². The van der Waals surface area contributed by atoms with E-state index >= 15 is 0 Å². The molecule has 0 radical (unpaired) electrons. The number of non-ortho nitro benzene ring substituents is 1. The third-order valence-corrected chi connectivity index (χ3v) is 3.51. The first-order valence-electron chi connectivity index (χ1n) is 7.10. The Morgan fingerprint density at radius 2 is 2.00 bits per heavy atom. The third-order valence-electron chi connectivity index (χ3n) is 3.51. The molecule has 0 aromatic heterocycles. The molecule has 0 bridgehead atoms. The van der Waals surface area contributed by atoms with Gasteiger partial charge in [0, 0.05) is 29.9 Å². The van der Waals surface area contributed by atoms with Gasteiger partial charge in [0.15, 0.2) is 0 Å². The summed E-state index contributed by atoms with van der Waals surface area (Å²) in [4.78, 5) is 12.7. The Hall–Kier alpha value is -1.82. The predicted octanol–water partition coefficient (Wildman–Crippen LogP) is 3.14. The zero-order valence-corrected chi connectivity index (χ0v) is 13.5. The summed E-state index contributed by atoms with van der Waals surface area (Å²) >= 11 is 0. The van der Waals surface area contributed by atoms with Crippen molar-refractivity contribution >= 4 is 11.4 Å². The summed E-state index contributed by atoms with van der Waals surface area (Å²) in [6.45, 7) is 7.42. The monoisotopic (exact) mass is 295 g/mol. The minimum Gasteiger partial charge on any atom is -0.493 e. The van der Waals surface area contributed by atoms with E-state index in [4.69, 9.17) is 4.74 Å². The largest absolute Gasteiger partial charge is 0.493 e. The van der Waals surface area contributed by atoms with Crippen molar-refractivity contribution in [1.29, 1.82) is 0 Å². The summed E-state index contributed by atoms with van der Waals surface area (Å²) in [5, 5.41) is 14.3. The van der Waals surface area contributed by atoms with Gasteiger partial charge < -0.3 is 15.0 Å². The molecule has 118 valence electrons. The van der Waals surface area contributed by atoms with Crippen LogP contribution < -0.4 is 10.1 Å². The molecule has 0 heterocycles. The van der Waals surface area contributed by atoms with Crippen LogP contribution in [0.3, 0.4) is 0 Å². The lowest BCUT2D eigenvalue weighted by atomic mass is 10.0. The van der Waals surface area contributed by atoms with Crippen LogP contribution in [0.2, 0.25) is 0 Å². The molecule has 0 unspecified atom stereocenters. The molecule has 1 aromatic carbocycles. The van der Waals surface area contributed by atoms with Crippen LogP contribution >= 0.6 is 0 Å². The van der Waals surface area contributed by atoms with E-state index in [1.165, 1.54) is 12.1 Å². The molecule has 0 spiro atoms. The van der Waals surface area contributed by atoms with Crippen LogP contribution in [0.15, 0.2) is 18.2 Å². The van der Waals surface area contributed by atoms with Crippen molar-refractivity contribution in [2.45, 2.75) is 32.7 Å². The highest BCUT2D eigenvalue weighted by molar-refractivity contribution is 5.56. The Balaban J connectivity index is 2.90. The predicted molar refractivity (Wildman–Crippen MR) is 85.1 cm³/mol. The lowest BCUT2D eigenvalue weighted by Crippen LogP contribution is -2.44. The minimum absolute atomic E-state index is 0.0359. The number of benzene rings is 1. The van der Waals surface area contributed by atoms with E-state index in [2.05, 4.69) is 24.1 Å². The number of hydrogen-bond donors (Lipinski definition) is 1. The lowest BCUT2D eigenvalue weighted by molar-refractivity contribution is -0.384. The molecule has 0 saturated carbocycles. The van der Waals surface area contributed by atoms with E-state index in [0.29, 0.717) is 24.6 Å². The Bertz CT molecular complexity index is 487. The van der Waals surface area contributed by atoms with Crippen LogP contribution in [0.1, 0.15) is 27.2 Å². The summed E-state index contributed by atoms with van der Waals surface area (Å²) in [5.74, 6) is 0.524. The van der Waals surface area contributed by atoms with Gasteiger partial charge in [0.1, 0.15) is 5.75 Å². The highest BCUT2D eigenvalue weighted by Crippen LogP contribution is 2.26. The van der Waals surface area contributed by atoms with Crippen LogP contribution in [0.4, 0.5) is 11.4 Å². The van der Waals surface area contributed by atoms with E-state index in [1.54, 1.807) is 6.07 Å². The smallest absolute Gasteiger partial charge is 0.275 e. The topological polar surface area (TPSA) is 67.6 Å². The fraction of sp³-hybridized carbons (Fsp3) is 0.600. The maximum absolute atomic E-state index is 11.0. The molecule has 6 nitrogen and oxygen atoms in total. The SMILES string of the molecule is CCCOc1cc(NCC(C)(C)N(C)C)cc([N+](=O)[O-])c1. The second kappa shape index (κ2) is 7.26. The number of rotatable bonds is 8. The van der Waals surface area contributed by atoms with E-state index in [9.17, 15) is 10.1 Å². The summed E-state index contributed by atoms with van der Waals surface area (Å²) in [7, 11) is 4.01. The van der Waals surface area contributed by atoms with Gasteiger partial charge in [0.2, 0.25) is 0 Å². The van der Waals surface area contributed by atoms with Gasteiger partial charge in [-0.05, 0) is 34.4 Å². The van der Waals surface area contributed by atoms with Crippen LogP contribution in [-0.2, 0) is 0 Å². The number of hydrogen-bond acceptors (Lipinski definition) is 5. The lowest BCUT2D eigenvalue weighted by Gasteiger charge is -2.33. The van der Waals surface area contributed by atoms with Crippen molar-refractivity contribution in [3.63, 3.8) is 0 Å². The Morgan fingerprint density at radius 1 is 1.33 bits per heavy atom. The Morgan fingerprint density at radius 3 is 2.52 bits per heavy atom. The van der Waals surface area contributed by atoms with Gasteiger partial charge in [-0.25, -0.2) is 0 Å². The van der Waals surface area contributed by atoms with Gasteiger partial charge >= 0.3 is 0 Å². The first-order chi connectivity index (χ1) is 9.76. The van der Waals surface area contributed by atoms with Crippen molar-refractivity contribution < 1.29 is 9.66 Å². The Labute approximate surface area is 126 Å².